The summed E-state index contributed by atoms with van der Waals surface area (Å²) in [6.45, 7) is 2.12. The maximum atomic E-state index is 12.1. The van der Waals surface area contributed by atoms with Gasteiger partial charge in [0.25, 0.3) is 0 Å². The van der Waals surface area contributed by atoms with Gasteiger partial charge in [0.1, 0.15) is 0 Å². The topological polar surface area (TPSA) is 71.1 Å². The van der Waals surface area contributed by atoms with E-state index in [1.54, 1.807) is 7.05 Å². The lowest BCUT2D eigenvalue weighted by Crippen LogP contribution is -2.25. The zero-order valence-electron chi connectivity index (χ0n) is 11.4. The number of benzene rings is 1. The number of aromatic nitrogens is 1. The number of hydrogen-bond acceptors (Lipinski definition) is 5. The highest BCUT2D eigenvalue weighted by atomic mass is 32.2. The Balaban J connectivity index is 1.99. The first kappa shape index (κ1) is 15.0. The summed E-state index contributed by atoms with van der Waals surface area (Å²) in [6.07, 6.45) is 0. The van der Waals surface area contributed by atoms with Crippen LogP contribution < -0.4 is 10.0 Å². The highest BCUT2D eigenvalue weighted by Gasteiger charge is 2.13. The van der Waals surface area contributed by atoms with E-state index in [0.717, 1.165) is 16.3 Å². The molecule has 0 fully saturated rings. The van der Waals surface area contributed by atoms with Crippen molar-refractivity contribution in [1.82, 2.24) is 9.71 Å². The standard InChI is InChI=1S/C13H17N3O2S2/c1-10-5-3-4-6-11(10)9-20(17,18)15-7-12-8-19-13(14-2)16-12/h3-6,8,15H,7,9H2,1-2H3,(H,14,16). The van der Waals surface area contributed by atoms with Crippen molar-refractivity contribution in [1.29, 1.82) is 0 Å². The predicted molar refractivity (Wildman–Crippen MR) is 82.3 cm³/mol. The zero-order chi connectivity index (χ0) is 14.6. The minimum atomic E-state index is -3.36. The highest BCUT2D eigenvalue weighted by molar-refractivity contribution is 7.88. The van der Waals surface area contributed by atoms with E-state index in [4.69, 9.17) is 0 Å². The molecule has 0 atom stereocenters. The average Bonchev–Trinajstić information content (AvgIpc) is 2.87. The van der Waals surface area contributed by atoms with E-state index in [-0.39, 0.29) is 12.3 Å². The van der Waals surface area contributed by atoms with Crippen LogP contribution in [0.4, 0.5) is 5.13 Å². The predicted octanol–water partition coefficient (Wildman–Crippen LogP) is 2.11. The van der Waals surface area contributed by atoms with Gasteiger partial charge in [-0.25, -0.2) is 18.1 Å². The summed E-state index contributed by atoms with van der Waals surface area (Å²) in [6, 6.07) is 7.48. The maximum absolute atomic E-state index is 12.1. The van der Waals surface area contributed by atoms with Crippen molar-refractivity contribution in [3.8, 4) is 0 Å². The third-order valence-electron chi connectivity index (χ3n) is 2.85. The third kappa shape index (κ3) is 4.03. The Morgan fingerprint density at radius 3 is 2.70 bits per heavy atom. The van der Waals surface area contributed by atoms with Crippen molar-refractivity contribution < 1.29 is 8.42 Å². The smallest absolute Gasteiger partial charge is 0.216 e. The first-order valence-electron chi connectivity index (χ1n) is 6.14. The summed E-state index contributed by atoms with van der Waals surface area (Å²) in [4.78, 5) is 4.24. The van der Waals surface area contributed by atoms with E-state index < -0.39 is 10.0 Å². The molecule has 2 aromatic rings. The van der Waals surface area contributed by atoms with Gasteiger partial charge in [-0.3, -0.25) is 0 Å². The largest absolute Gasteiger partial charge is 0.365 e. The minimum absolute atomic E-state index is 0.0112. The summed E-state index contributed by atoms with van der Waals surface area (Å²) < 4.78 is 26.7. The molecule has 1 heterocycles. The van der Waals surface area contributed by atoms with Crippen LogP contribution in [-0.4, -0.2) is 20.4 Å². The first-order valence-corrected chi connectivity index (χ1v) is 8.67. The molecule has 1 aromatic carbocycles. The van der Waals surface area contributed by atoms with Crippen molar-refractivity contribution in [2.24, 2.45) is 0 Å². The van der Waals surface area contributed by atoms with Crippen molar-refractivity contribution >= 4 is 26.5 Å². The Morgan fingerprint density at radius 1 is 1.30 bits per heavy atom. The van der Waals surface area contributed by atoms with Crippen LogP contribution in [0.25, 0.3) is 0 Å². The number of anilines is 1. The molecule has 0 aliphatic heterocycles. The molecule has 0 saturated carbocycles. The number of nitrogens with zero attached hydrogens (tertiary/aromatic N) is 1. The molecule has 0 bridgehead atoms. The van der Waals surface area contributed by atoms with Crippen LogP contribution in [-0.2, 0) is 22.3 Å². The number of aryl methyl sites for hydroxylation is 1. The Kier molecular flexibility index (Phi) is 4.74. The van der Waals surface area contributed by atoms with Crippen molar-refractivity contribution in [3.63, 3.8) is 0 Å². The molecular formula is C13H17N3O2S2. The second-order valence-electron chi connectivity index (χ2n) is 4.40. The monoisotopic (exact) mass is 311 g/mol. The molecule has 0 saturated heterocycles. The third-order valence-corrected chi connectivity index (χ3v) is 5.03. The second kappa shape index (κ2) is 6.34. The van der Waals surface area contributed by atoms with Crippen LogP contribution in [0.3, 0.4) is 0 Å². The molecule has 0 aliphatic carbocycles. The molecule has 0 unspecified atom stereocenters. The van der Waals surface area contributed by atoms with Gasteiger partial charge in [0.15, 0.2) is 5.13 Å². The van der Waals surface area contributed by atoms with E-state index in [2.05, 4.69) is 15.0 Å². The molecular weight excluding hydrogens is 294 g/mol. The lowest BCUT2D eigenvalue weighted by atomic mass is 10.1. The molecule has 0 aliphatic rings. The van der Waals surface area contributed by atoms with E-state index in [1.807, 2.05) is 36.6 Å². The zero-order valence-corrected chi connectivity index (χ0v) is 13.0. The lowest BCUT2D eigenvalue weighted by Gasteiger charge is -2.07. The lowest BCUT2D eigenvalue weighted by molar-refractivity contribution is 0.579. The molecule has 20 heavy (non-hydrogen) atoms. The summed E-state index contributed by atoms with van der Waals surface area (Å²) in [5.74, 6) is -0.0112. The molecule has 2 rings (SSSR count). The van der Waals surface area contributed by atoms with E-state index >= 15 is 0 Å². The van der Waals surface area contributed by atoms with Gasteiger partial charge in [0, 0.05) is 12.4 Å². The summed E-state index contributed by atoms with van der Waals surface area (Å²) in [5.41, 5.74) is 2.51. The van der Waals surface area contributed by atoms with Crippen LogP contribution in [0.2, 0.25) is 0 Å². The molecule has 7 heteroatoms. The quantitative estimate of drug-likeness (QED) is 0.857. The average molecular weight is 311 g/mol. The van der Waals surface area contributed by atoms with Crippen LogP contribution in [0.15, 0.2) is 29.6 Å². The number of nitrogens with one attached hydrogen (secondary N) is 2. The van der Waals surface area contributed by atoms with Crippen molar-refractivity contribution in [3.05, 3.63) is 46.5 Å². The fraction of sp³-hybridized carbons (Fsp3) is 0.308. The minimum Gasteiger partial charge on any atom is -0.365 e. The summed E-state index contributed by atoms with van der Waals surface area (Å²) >= 11 is 1.45. The van der Waals surface area contributed by atoms with Crippen molar-refractivity contribution in [2.45, 2.75) is 19.2 Å². The second-order valence-corrected chi connectivity index (χ2v) is 7.07. The number of thiazole rings is 1. The van der Waals surface area contributed by atoms with Gasteiger partial charge in [0.2, 0.25) is 10.0 Å². The van der Waals surface area contributed by atoms with Gasteiger partial charge in [-0.1, -0.05) is 24.3 Å². The number of hydrogen-bond donors (Lipinski definition) is 2. The molecule has 0 radical (unpaired) electrons. The van der Waals surface area contributed by atoms with Crippen molar-refractivity contribution in [2.75, 3.05) is 12.4 Å². The summed E-state index contributed by atoms with van der Waals surface area (Å²) in [5, 5.41) is 5.53. The molecule has 108 valence electrons. The van der Waals surface area contributed by atoms with Gasteiger partial charge >= 0.3 is 0 Å². The highest BCUT2D eigenvalue weighted by Crippen LogP contribution is 2.15. The normalized spacial score (nSPS) is 11.5. The Bertz CT molecular complexity index is 680. The van der Waals surface area contributed by atoms with Gasteiger partial charge in [-0.05, 0) is 18.1 Å². The van der Waals surface area contributed by atoms with Gasteiger partial charge in [-0.2, -0.15) is 0 Å². The molecule has 5 nitrogen and oxygen atoms in total. The molecule has 2 N–H and O–H groups in total. The SMILES string of the molecule is CNc1nc(CNS(=O)(=O)Cc2ccccc2C)cs1. The first-order chi connectivity index (χ1) is 9.50. The fourth-order valence-corrected chi connectivity index (χ4v) is 3.59. The molecule has 1 aromatic heterocycles. The van der Waals surface area contributed by atoms with Gasteiger partial charge in [0.05, 0.1) is 18.0 Å². The Labute approximate surface area is 123 Å². The number of rotatable bonds is 6. The van der Waals surface area contributed by atoms with Crippen LogP contribution >= 0.6 is 11.3 Å². The van der Waals surface area contributed by atoms with Crippen LogP contribution in [0.1, 0.15) is 16.8 Å². The number of sulfonamides is 1. The van der Waals surface area contributed by atoms with E-state index in [9.17, 15) is 8.42 Å². The maximum Gasteiger partial charge on any atom is 0.216 e. The molecule has 0 spiro atoms. The van der Waals surface area contributed by atoms with Crippen LogP contribution in [0, 0.1) is 6.92 Å². The van der Waals surface area contributed by atoms with Gasteiger partial charge < -0.3 is 5.32 Å². The summed E-state index contributed by atoms with van der Waals surface area (Å²) in [7, 11) is -1.58. The van der Waals surface area contributed by atoms with Gasteiger partial charge in [-0.15, -0.1) is 11.3 Å². The molecule has 0 amide bonds. The van der Waals surface area contributed by atoms with E-state index in [1.165, 1.54) is 11.3 Å². The fourth-order valence-electron chi connectivity index (χ4n) is 1.71. The van der Waals surface area contributed by atoms with E-state index in [0.29, 0.717) is 5.69 Å². The van der Waals surface area contributed by atoms with Crippen LogP contribution in [0.5, 0.6) is 0 Å². The Hall–Kier alpha value is -1.44. The Morgan fingerprint density at radius 2 is 2.05 bits per heavy atom.